The molecule has 3 N–H and O–H groups in total. The van der Waals surface area contributed by atoms with Gasteiger partial charge >= 0.3 is 0 Å². The Balaban J connectivity index is 1.44. The highest BCUT2D eigenvalue weighted by molar-refractivity contribution is 5.92. The standard InChI is InChI=1S/C25H31N5O2/c1-17-5-4-6-20-14-22(28-24(17)20)18(2)29(3)23(31)8-7-19-13-21(25(26)27-15-19)16-30-9-11-32-12-10-30/h4-8,13-15,18,28H,9-12,16H2,1-3H3,(H2,26,27)/b8-7+. The summed E-state index contributed by atoms with van der Waals surface area (Å²) in [5.41, 5.74) is 11.2. The molecule has 1 aliphatic rings. The van der Waals surface area contributed by atoms with E-state index < -0.39 is 0 Å². The highest BCUT2D eigenvalue weighted by Crippen LogP contribution is 2.25. The van der Waals surface area contributed by atoms with E-state index in [0.717, 1.165) is 60.6 Å². The predicted molar refractivity (Wildman–Crippen MR) is 128 cm³/mol. The molecule has 2 aromatic heterocycles. The molecule has 1 aromatic carbocycles. The van der Waals surface area contributed by atoms with Crippen molar-refractivity contribution >= 4 is 28.7 Å². The summed E-state index contributed by atoms with van der Waals surface area (Å²) in [5.74, 6) is 0.458. The summed E-state index contributed by atoms with van der Waals surface area (Å²) < 4.78 is 5.41. The van der Waals surface area contributed by atoms with Gasteiger partial charge in [-0.25, -0.2) is 4.98 Å². The summed E-state index contributed by atoms with van der Waals surface area (Å²) in [4.78, 5) is 24.7. The van der Waals surface area contributed by atoms with E-state index in [2.05, 4.69) is 40.0 Å². The number of aromatic nitrogens is 2. The Morgan fingerprint density at radius 3 is 2.88 bits per heavy atom. The number of H-pyrrole nitrogens is 1. The average molecular weight is 434 g/mol. The molecule has 0 bridgehead atoms. The number of likely N-dealkylation sites (N-methyl/N-ethyl adjacent to an activating group) is 1. The molecule has 1 aliphatic heterocycles. The monoisotopic (exact) mass is 433 g/mol. The van der Waals surface area contributed by atoms with Crippen LogP contribution in [0.5, 0.6) is 0 Å². The third-order valence-corrected chi connectivity index (χ3v) is 6.20. The number of anilines is 1. The molecular weight excluding hydrogens is 402 g/mol. The summed E-state index contributed by atoms with van der Waals surface area (Å²) in [7, 11) is 1.82. The number of aryl methyl sites for hydroxylation is 1. The number of aromatic amines is 1. The number of nitrogens with two attached hydrogens (primary N) is 1. The molecule has 3 aromatic rings. The van der Waals surface area contributed by atoms with Crippen LogP contribution in [-0.2, 0) is 16.1 Å². The maximum absolute atomic E-state index is 12.8. The lowest BCUT2D eigenvalue weighted by Gasteiger charge is -2.26. The van der Waals surface area contributed by atoms with Crippen LogP contribution < -0.4 is 5.73 Å². The SMILES string of the molecule is Cc1cccc2cc(C(C)N(C)C(=O)/C=C/c3cnc(N)c(CN4CCOCC4)c3)[nH]c12. The van der Waals surface area contributed by atoms with Gasteiger partial charge in [0.05, 0.1) is 19.3 Å². The Morgan fingerprint density at radius 1 is 1.34 bits per heavy atom. The van der Waals surface area contributed by atoms with E-state index >= 15 is 0 Å². The molecule has 1 fully saturated rings. The van der Waals surface area contributed by atoms with Crippen LogP contribution in [0, 0.1) is 6.92 Å². The first-order valence-corrected chi connectivity index (χ1v) is 11.0. The maximum atomic E-state index is 12.8. The third-order valence-electron chi connectivity index (χ3n) is 6.20. The number of morpholine rings is 1. The van der Waals surface area contributed by atoms with Crippen LogP contribution in [0.2, 0.25) is 0 Å². The van der Waals surface area contributed by atoms with E-state index in [9.17, 15) is 4.79 Å². The molecule has 3 heterocycles. The lowest BCUT2D eigenvalue weighted by atomic mass is 10.1. The topological polar surface area (TPSA) is 87.5 Å². The zero-order valence-corrected chi connectivity index (χ0v) is 19.0. The van der Waals surface area contributed by atoms with E-state index in [1.807, 2.05) is 26.1 Å². The van der Waals surface area contributed by atoms with Gasteiger partial charge < -0.3 is 20.4 Å². The number of amides is 1. The van der Waals surface area contributed by atoms with Crippen molar-refractivity contribution in [1.29, 1.82) is 0 Å². The minimum absolute atomic E-state index is 0.0700. The highest BCUT2D eigenvalue weighted by atomic mass is 16.5. The van der Waals surface area contributed by atoms with Crippen molar-refractivity contribution in [1.82, 2.24) is 19.8 Å². The van der Waals surface area contributed by atoms with Gasteiger partial charge in [-0.3, -0.25) is 9.69 Å². The van der Waals surface area contributed by atoms with Gasteiger partial charge in [0.2, 0.25) is 5.91 Å². The number of nitrogen functional groups attached to an aromatic ring is 1. The Hall–Kier alpha value is -3.16. The Morgan fingerprint density at radius 2 is 2.12 bits per heavy atom. The van der Waals surface area contributed by atoms with E-state index in [1.165, 1.54) is 5.56 Å². The fourth-order valence-electron chi connectivity index (χ4n) is 4.00. The zero-order chi connectivity index (χ0) is 22.7. The number of rotatable bonds is 6. The molecule has 1 atom stereocenters. The molecule has 168 valence electrons. The molecule has 4 rings (SSSR count). The van der Waals surface area contributed by atoms with Gasteiger partial charge in [0.25, 0.3) is 0 Å². The number of benzene rings is 1. The molecule has 1 saturated heterocycles. The smallest absolute Gasteiger partial charge is 0.246 e. The number of para-hydroxylation sites is 1. The minimum Gasteiger partial charge on any atom is -0.383 e. The van der Waals surface area contributed by atoms with Gasteiger partial charge in [-0.15, -0.1) is 0 Å². The summed E-state index contributed by atoms with van der Waals surface area (Å²) in [5, 5.41) is 1.16. The number of pyridine rings is 1. The quantitative estimate of drug-likeness (QED) is 0.581. The fraction of sp³-hybridized carbons (Fsp3) is 0.360. The molecule has 0 saturated carbocycles. The molecule has 0 radical (unpaired) electrons. The Kier molecular flexibility index (Phi) is 6.58. The van der Waals surface area contributed by atoms with Crippen molar-refractivity contribution in [2.24, 2.45) is 0 Å². The number of hydrogen-bond donors (Lipinski definition) is 2. The largest absolute Gasteiger partial charge is 0.383 e. The van der Waals surface area contributed by atoms with Crippen molar-refractivity contribution in [3.63, 3.8) is 0 Å². The molecule has 0 aliphatic carbocycles. The van der Waals surface area contributed by atoms with E-state index in [1.54, 1.807) is 23.2 Å². The summed E-state index contributed by atoms with van der Waals surface area (Å²) in [6, 6.07) is 10.2. The first kappa shape index (κ1) is 22.0. The van der Waals surface area contributed by atoms with Crippen molar-refractivity contribution in [3.8, 4) is 0 Å². The van der Waals surface area contributed by atoms with Gasteiger partial charge in [-0.05, 0) is 48.6 Å². The zero-order valence-electron chi connectivity index (χ0n) is 19.0. The number of hydrogen-bond acceptors (Lipinski definition) is 5. The number of fused-ring (bicyclic) bond motifs is 1. The van der Waals surface area contributed by atoms with Crippen LogP contribution in [-0.4, -0.2) is 59.0 Å². The predicted octanol–water partition coefficient (Wildman–Crippen LogP) is 3.52. The Labute approximate surface area is 188 Å². The first-order valence-electron chi connectivity index (χ1n) is 11.0. The molecule has 1 amide bonds. The molecule has 0 spiro atoms. The molecule has 1 unspecified atom stereocenters. The summed E-state index contributed by atoms with van der Waals surface area (Å²) in [6.45, 7) is 8.08. The number of nitrogens with one attached hydrogen (secondary N) is 1. The van der Waals surface area contributed by atoms with Gasteiger partial charge in [-0.2, -0.15) is 0 Å². The maximum Gasteiger partial charge on any atom is 0.246 e. The second-order valence-corrected chi connectivity index (χ2v) is 8.42. The van der Waals surface area contributed by atoms with Crippen LogP contribution in [0.1, 0.15) is 35.3 Å². The molecule has 32 heavy (non-hydrogen) atoms. The lowest BCUT2D eigenvalue weighted by Crippen LogP contribution is -2.35. The number of carbonyl (C=O) groups excluding carboxylic acids is 1. The number of ether oxygens (including phenoxy) is 1. The second kappa shape index (κ2) is 9.54. The number of carbonyl (C=O) groups is 1. The molecule has 7 nitrogen and oxygen atoms in total. The van der Waals surface area contributed by atoms with Gasteiger partial charge in [-0.1, -0.05) is 18.2 Å². The van der Waals surface area contributed by atoms with E-state index in [-0.39, 0.29) is 11.9 Å². The summed E-state index contributed by atoms with van der Waals surface area (Å²) >= 11 is 0. The lowest BCUT2D eigenvalue weighted by molar-refractivity contribution is -0.126. The first-order chi connectivity index (χ1) is 15.4. The van der Waals surface area contributed by atoms with Gasteiger partial charge in [0.15, 0.2) is 0 Å². The molecular formula is C25H31N5O2. The Bertz CT molecular complexity index is 1130. The van der Waals surface area contributed by atoms with Crippen LogP contribution in [0.25, 0.3) is 17.0 Å². The van der Waals surface area contributed by atoms with Crippen molar-refractivity contribution in [2.45, 2.75) is 26.4 Å². The van der Waals surface area contributed by atoms with Gasteiger partial charge in [0, 0.05) is 55.7 Å². The third kappa shape index (κ3) is 4.84. The van der Waals surface area contributed by atoms with Crippen molar-refractivity contribution in [2.75, 3.05) is 39.1 Å². The van der Waals surface area contributed by atoms with Crippen LogP contribution in [0.3, 0.4) is 0 Å². The molecule has 7 heteroatoms. The fourth-order valence-corrected chi connectivity index (χ4v) is 4.00. The van der Waals surface area contributed by atoms with E-state index in [0.29, 0.717) is 5.82 Å². The minimum atomic E-state index is -0.0830. The number of nitrogens with zero attached hydrogens (tertiary/aromatic N) is 3. The van der Waals surface area contributed by atoms with Crippen molar-refractivity contribution < 1.29 is 9.53 Å². The van der Waals surface area contributed by atoms with Crippen LogP contribution in [0.15, 0.2) is 42.6 Å². The van der Waals surface area contributed by atoms with Crippen molar-refractivity contribution in [3.05, 3.63) is 65.0 Å². The van der Waals surface area contributed by atoms with E-state index in [4.69, 9.17) is 10.5 Å². The van der Waals surface area contributed by atoms with Gasteiger partial charge in [0.1, 0.15) is 5.82 Å². The average Bonchev–Trinajstić information content (AvgIpc) is 3.25. The second-order valence-electron chi connectivity index (χ2n) is 8.42. The van der Waals surface area contributed by atoms with Crippen LogP contribution in [0.4, 0.5) is 5.82 Å². The normalized spacial score (nSPS) is 16.0. The van der Waals surface area contributed by atoms with Crippen LogP contribution >= 0.6 is 0 Å². The highest BCUT2D eigenvalue weighted by Gasteiger charge is 2.18. The summed E-state index contributed by atoms with van der Waals surface area (Å²) in [6.07, 6.45) is 5.10.